The Morgan fingerprint density at radius 3 is 3.00 bits per heavy atom. The van der Waals surface area contributed by atoms with Gasteiger partial charge in [0, 0.05) is 25.0 Å². The molecule has 0 atom stereocenters. The third-order valence-corrected chi connectivity index (χ3v) is 2.54. The molecule has 0 saturated heterocycles. The van der Waals surface area contributed by atoms with Crippen molar-refractivity contribution in [3.8, 4) is 0 Å². The van der Waals surface area contributed by atoms with Crippen molar-refractivity contribution in [2.75, 3.05) is 6.61 Å². The third kappa shape index (κ3) is 1.54. The Bertz CT molecular complexity index is 322. The Morgan fingerprint density at radius 2 is 2.46 bits per heavy atom. The van der Waals surface area contributed by atoms with Crippen molar-refractivity contribution in [3.05, 3.63) is 22.9 Å². The molecule has 1 aliphatic rings. The van der Waals surface area contributed by atoms with Gasteiger partial charge in [-0.3, -0.25) is 4.57 Å². The Kier molecular flexibility index (Phi) is 2.22. The van der Waals surface area contributed by atoms with Crippen molar-refractivity contribution < 1.29 is 4.74 Å². The molecule has 1 aromatic heterocycles. The minimum atomic E-state index is -0.0139. The molecule has 1 aromatic rings. The van der Waals surface area contributed by atoms with E-state index >= 15 is 0 Å². The third-order valence-electron chi connectivity index (χ3n) is 2.54. The van der Waals surface area contributed by atoms with Gasteiger partial charge in [-0.15, -0.1) is 0 Å². The molecule has 4 heteroatoms. The molecule has 0 aromatic carbocycles. The summed E-state index contributed by atoms with van der Waals surface area (Å²) in [6, 6.07) is 0.343. The van der Waals surface area contributed by atoms with Gasteiger partial charge >= 0.3 is 5.69 Å². The number of H-pyrrole nitrogens is 1. The van der Waals surface area contributed by atoms with Crippen LogP contribution in [0.3, 0.4) is 0 Å². The van der Waals surface area contributed by atoms with Crippen LogP contribution in [-0.2, 0) is 4.74 Å². The molecule has 1 heterocycles. The molecule has 1 fully saturated rings. The number of hydrogen-bond acceptors (Lipinski definition) is 2. The zero-order chi connectivity index (χ0) is 9.26. The largest absolute Gasteiger partial charge is 0.378 e. The van der Waals surface area contributed by atoms with Crippen molar-refractivity contribution in [1.82, 2.24) is 9.55 Å². The van der Waals surface area contributed by atoms with Gasteiger partial charge in [0.2, 0.25) is 0 Å². The lowest BCUT2D eigenvalue weighted by atomic mass is 9.89. The van der Waals surface area contributed by atoms with Crippen LogP contribution in [0, 0.1) is 0 Å². The monoisotopic (exact) mass is 182 g/mol. The van der Waals surface area contributed by atoms with Gasteiger partial charge in [-0.25, -0.2) is 4.79 Å². The number of aromatic nitrogens is 2. The summed E-state index contributed by atoms with van der Waals surface area (Å²) < 4.78 is 7.17. The van der Waals surface area contributed by atoms with Gasteiger partial charge in [0.05, 0.1) is 6.10 Å². The van der Waals surface area contributed by atoms with Gasteiger partial charge in [-0.2, -0.15) is 0 Å². The van der Waals surface area contributed by atoms with E-state index in [1.54, 1.807) is 17.0 Å². The molecule has 0 aliphatic heterocycles. The van der Waals surface area contributed by atoms with Crippen molar-refractivity contribution in [3.63, 3.8) is 0 Å². The molecule has 0 unspecified atom stereocenters. The number of ether oxygens (including phenoxy) is 1. The predicted octanol–water partition coefficient (Wildman–Crippen LogP) is 0.916. The van der Waals surface area contributed by atoms with Crippen molar-refractivity contribution in [2.45, 2.75) is 31.9 Å². The van der Waals surface area contributed by atoms with Crippen LogP contribution in [0.4, 0.5) is 0 Å². The van der Waals surface area contributed by atoms with Crippen molar-refractivity contribution in [1.29, 1.82) is 0 Å². The highest BCUT2D eigenvalue weighted by molar-refractivity contribution is 4.90. The molecule has 1 N–H and O–H groups in total. The van der Waals surface area contributed by atoms with Crippen LogP contribution in [0.15, 0.2) is 17.2 Å². The van der Waals surface area contributed by atoms with Crippen LogP contribution in [0.25, 0.3) is 0 Å². The molecular formula is C9H14N2O2. The van der Waals surface area contributed by atoms with Gasteiger partial charge in [0.1, 0.15) is 0 Å². The highest BCUT2D eigenvalue weighted by Gasteiger charge is 2.31. The topological polar surface area (TPSA) is 47.0 Å². The van der Waals surface area contributed by atoms with Crippen LogP contribution < -0.4 is 5.69 Å². The summed E-state index contributed by atoms with van der Waals surface area (Å²) in [6.07, 6.45) is 5.76. The highest BCUT2D eigenvalue weighted by Crippen LogP contribution is 2.33. The van der Waals surface area contributed by atoms with E-state index in [1.807, 2.05) is 6.92 Å². The van der Waals surface area contributed by atoms with Gasteiger partial charge < -0.3 is 9.72 Å². The van der Waals surface area contributed by atoms with Crippen LogP contribution in [0.1, 0.15) is 25.8 Å². The molecule has 13 heavy (non-hydrogen) atoms. The molecule has 4 nitrogen and oxygen atoms in total. The number of nitrogens with one attached hydrogen (secondary N) is 1. The highest BCUT2D eigenvalue weighted by atomic mass is 16.5. The average Bonchev–Trinajstić information content (AvgIpc) is 2.43. The Hall–Kier alpha value is -1.03. The lowest BCUT2D eigenvalue weighted by molar-refractivity contribution is -0.0204. The second-order valence-corrected chi connectivity index (χ2v) is 3.38. The first kappa shape index (κ1) is 8.56. The van der Waals surface area contributed by atoms with E-state index in [0.29, 0.717) is 12.1 Å². The Morgan fingerprint density at radius 1 is 1.69 bits per heavy atom. The number of nitrogens with zero attached hydrogens (tertiary/aromatic N) is 1. The Balaban J connectivity index is 1.94. The Labute approximate surface area is 76.5 Å². The molecule has 0 radical (unpaired) electrons. The number of aromatic amines is 1. The maximum atomic E-state index is 11.2. The summed E-state index contributed by atoms with van der Waals surface area (Å²) >= 11 is 0. The molecular weight excluding hydrogens is 168 g/mol. The lowest BCUT2D eigenvalue weighted by Gasteiger charge is -2.35. The van der Waals surface area contributed by atoms with Crippen molar-refractivity contribution in [2.24, 2.45) is 0 Å². The van der Waals surface area contributed by atoms with E-state index in [1.165, 1.54) is 0 Å². The van der Waals surface area contributed by atoms with Crippen LogP contribution in [0.5, 0.6) is 0 Å². The second kappa shape index (κ2) is 3.38. The summed E-state index contributed by atoms with van der Waals surface area (Å²) in [6.45, 7) is 2.76. The zero-order valence-corrected chi connectivity index (χ0v) is 7.69. The van der Waals surface area contributed by atoms with Crippen molar-refractivity contribution >= 4 is 0 Å². The molecule has 2 rings (SSSR count). The molecule has 1 aliphatic carbocycles. The smallest absolute Gasteiger partial charge is 0.325 e. The molecule has 1 saturated carbocycles. The maximum absolute atomic E-state index is 11.2. The summed E-state index contributed by atoms with van der Waals surface area (Å²) in [4.78, 5) is 13.8. The van der Waals surface area contributed by atoms with E-state index in [9.17, 15) is 4.79 Å². The van der Waals surface area contributed by atoms with Gasteiger partial charge in [-0.1, -0.05) is 0 Å². The first-order valence-corrected chi connectivity index (χ1v) is 4.68. The van der Waals surface area contributed by atoms with Crippen LogP contribution in [-0.4, -0.2) is 22.3 Å². The van der Waals surface area contributed by atoms with E-state index in [2.05, 4.69) is 4.98 Å². The SMILES string of the molecule is CCOC1CC(n2cc[nH]c2=O)C1. The molecule has 0 bridgehead atoms. The van der Waals surface area contributed by atoms with E-state index < -0.39 is 0 Å². The van der Waals surface area contributed by atoms with Crippen LogP contribution >= 0.6 is 0 Å². The normalized spacial score (nSPS) is 27.2. The minimum absolute atomic E-state index is 0.0139. The maximum Gasteiger partial charge on any atom is 0.325 e. The number of hydrogen-bond donors (Lipinski definition) is 1. The van der Waals surface area contributed by atoms with E-state index in [-0.39, 0.29) is 5.69 Å². The fourth-order valence-corrected chi connectivity index (χ4v) is 1.76. The first-order chi connectivity index (χ1) is 6.31. The first-order valence-electron chi connectivity index (χ1n) is 4.68. The van der Waals surface area contributed by atoms with E-state index in [4.69, 9.17) is 4.74 Å². The zero-order valence-electron chi connectivity index (χ0n) is 7.69. The standard InChI is InChI=1S/C9H14N2O2/c1-2-13-8-5-7(6-8)11-4-3-10-9(11)12/h3-4,7-8H,2,5-6H2,1H3,(H,10,12). The summed E-state index contributed by atoms with van der Waals surface area (Å²) in [5.74, 6) is 0. The average molecular weight is 182 g/mol. The van der Waals surface area contributed by atoms with E-state index in [0.717, 1.165) is 19.4 Å². The van der Waals surface area contributed by atoms with Crippen LogP contribution in [0.2, 0.25) is 0 Å². The van der Waals surface area contributed by atoms with Gasteiger partial charge in [0.25, 0.3) is 0 Å². The fraction of sp³-hybridized carbons (Fsp3) is 0.667. The number of rotatable bonds is 3. The molecule has 0 spiro atoms. The summed E-state index contributed by atoms with van der Waals surface area (Å²) in [5, 5.41) is 0. The minimum Gasteiger partial charge on any atom is -0.378 e. The number of imidazole rings is 1. The fourth-order valence-electron chi connectivity index (χ4n) is 1.76. The quantitative estimate of drug-likeness (QED) is 0.755. The van der Waals surface area contributed by atoms with Gasteiger partial charge in [-0.05, 0) is 19.8 Å². The molecule has 72 valence electrons. The molecule has 0 amide bonds. The lowest BCUT2D eigenvalue weighted by Crippen LogP contribution is -2.37. The van der Waals surface area contributed by atoms with Gasteiger partial charge in [0.15, 0.2) is 0 Å². The predicted molar refractivity (Wildman–Crippen MR) is 48.7 cm³/mol. The second-order valence-electron chi connectivity index (χ2n) is 3.38. The summed E-state index contributed by atoms with van der Waals surface area (Å²) in [5.41, 5.74) is -0.0139. The summed E-state index contributed by atoms with van der Waals surface area (Å²) in [7, 11) is 0.